The van der Waals surface area contributed by atoms with Crippen LogP contribution in [0.1, 0.15) is 51.3 Å². The van der Waals surface area contributed by atoms with E-state index in [0.29, 0.717) is 12.0 Å². The molecule has 0 aliphatic carbocycles. The van der Waals surface area contributed by atoms with Gasteiger partial charge in [-0.3, -0.25) is 0 Å². The van der Waals surface area contributed by atoms with Gasteiger partial charge in [-0.05, 0) is 58.0 Å². The van der Waals surface area contributed by atoms with Crippen molar-refractivity contribution in [1.29, 1.82) is 0 Å². The number of hydrogen-bond donors (Lipinski definition) is 1. The first kappa shape index (κ1) is 17.2. The van der Waals surface area contributed by atoms with E-state index in [4.69, 9.17) is 0 Å². The Morgan fingerprint density at radius 2 is 1.90 bits per heavy atom. The van der Waals surface area contributed by atoms with Crippen molar-refractivity contribution in [1.82, 2.24) is 10.2 Å². The molecular weight excluding hydrogens is 244 g/mol. The van der Waals surface area contributed by atoms with E-state index < -0.39 is 0 Å². The van der Waals surface area contributed by atoms with E-state index in [-0.39, 0.29) is 5.54 Å². The Labute approximate surface area is 125 Å². The summed E-state index contributed by atoms with van der Waals surface area (Å²) in [7, 11) is 6.41. The van der Waals surface area contributed by atoms with Crippen LogP contribution in [0.25, 0.3) is 0 Å². The molecule has 0 saturated carbocycles. The first-order valence-electron chi connectivity index (χ1n) is 7.78. The number of rotatable bonds is 7. The molecule has 2 unspecified atom stereocenters. The van der Waals surface area contributed by atoms with Crippen molar-refractivity contribution in [3.05, 3.63) is 35.4 Å². The Morgan fingerprint density at radius 1 is 1.25 bits per heavy atom. The van der Waals surface area contributed by atoms with Gasteiger partial charge in [-0.25, -0.2) is 0 Å². The third-order valence-corrected chi connectivity index (χ3v) is 4.58. The van der Waals surface area contributed by atoms with E-state index in [2.05, 4.69) is 83.3 Å². The molecule has 0 aliphatic rings. The second-order valence-electron chi connectivity index (χ2n) is 6.67. The van der Waals surface area contributed by atoms with Crippen LogP contribution >= 0.6 is 0 Å². The molecule has 114 valence electrons. The van der Waals surface area contributed by atoms with Crippen LogP contribution < -0.4 is 5.32 Å². The normalized spacial score (nSPS) is 16.4. The van der Waals surface area contributed by atoms with Crippen LogP contribution in [0.2, 0.25) is 0 Å². The van der Waals surface area contributed by atoms with Crippen molar-refractivity contribution in [3.8, 4) is 0 Å². The lowest BCUT2D eigenvalue weighted by Gasteiger charge is -2.43. The molecule has 1 N–H and O–H groups in total. The quantitative estimate of drug-likeness (QED) is 0.813. The van der Waals surface area contributed by atoms with Gasteiger partial charge in [0.25, 0.3) is 0 Å². The van der Waals surface area contributed by atoms with Crippen LogP contribution in [0.4, 0.5) is 0 Å². The summed E-state index contributed by atoms with van der Waals surface area (Å²) in [6.45, 7) is 9.15. The maximum absolute atomic E-state index is 3.53. The molecule has 1 rings (SSSR count). The van der Waals surface area contributed by atoms with Gasteiger partial charge in [0.05, 0.1) is 6.04 Å². The number of hydrogen-bond acceptors (Lipinski definition) is 2. The lowest BCUT2D eigenvalue weighted by molar-refractivity contribution is 0.117. The number of likely N-dealkylation sites (N-methyl/N-ethyl adjacent to an activating group) is 2. The van der Waals surface area contributed by atoms with Crippen LogP contribution in [0, 0.1) is 5.92 Å². The molecule has 0 saturated heterocycles. The smallest absolute Gasteiger partial charge is 0.0501 e. The number of benzene rings is 1. The summed E-state index contributed by atoms with van der Waals surface area (Å²) in [4.78, 5) is 2.34. The van der Waals surface area contributed by atoms with Crippen LogP contribution in [-0.4, -0.2) is 31.6 Å². The fraction of sp³-hybridized carbons (Fsp3) is 0.667. The Balaban J connectivity index is 3.12. The third kappa shape index (κ3) is 3.83. The summed E-state index contributed by atoms with van der Waals surface area (Å²) < 4.78 is 0. The van der Waals surface area contributed by atoms with Gasteiger partial charge < -0.3 is 10.2 Å². The molecule has 0 aliphatic heterocycles. The first-order valence-corrected chi connectivity index (χ1v) is 7.78. The fourth-order valence-electron chi connectivity index (χ4n) is 2.99. The van der Waals surface area contributed by atoms with Crippen molar-refractivity contribution in [2.24, 2.45) is 5.92 Å². The van der Waals surface area contributed by atoms with Crippen molar-refractivity contribution < 1.29 is 0 Å². The molecule has 0 bridgehead atoms. The van der Waals surface area contributed by atoms with Gasteiger partial charge in [-0.15, -0.1) is 0 Å². The van der Waals surface area contributed by atoms with E-state index in [1.54, 1.807) is 0 Å². The highest BCUT2D eigenvalue weighted by molar-refractivity contribution is 5.29. The third-order valence-electron chi connectivity index (χ3n) is 4.58. The Kier molecular flexibility index (Phi) is 6.22. The van der Waals surface area contributed by atoms with Gasteiger partial charge >= 0.3 is 0 Å². The number of nitrogens with one attached hydrogen (secondary N) is 1. The molecule has 0 heterocycles. The van der Waals surface area contributed by atoms with E-state index in [1.165, 1.54) is 11.1 Å². The summed E-state index contributed by atoms with van der Waals surface area (Å²) in [5.74, 6) is 0.699. The zero-order valence-electron chi connectivity index (χ0n) is 14.3. The summed E-state index contributed by atoms with van der Waals surface area (Å²) in [6, 6.07) is 9.41. The number of nitrogens with zero attached hydrogens (tertiary/aromatic N) is 1. The van der Waals surface area contributed by atoms with Crippen molar-refractivity contribution in [3.63, 3.8) is 0 Å². The minimum Gasteiger partial charge on any atom is -0.311 e. The average molecular weight is 276 g/mol. The average Bonchev–Trinajstić information content (AvgIpc) is 2.38. The molecule has 0 radical (unpaired) electrons. The van der Waals surface area contributed by atoms with E-state index in [0.717, 1.165) is 12.8 Å². The second kappa shape index (κ2) is 7.24. The SMILES string of the molecule is CCC(C)(C(NC)c1cccc(CC(C)C)c1)N(C)C. The zero-order valence-corrected chi connectivity index (χ0v) is 14.3. The zero-order chi connectivity index (χ0) is 15.3. The fourth-order valence-corrected chi connectivity index (χ4v) is 2.99. The van der Waals surface area contributed by atoms with Gasteiger partial charge in [0.1, 0.15) is 0 Å². The predicted octanol–water partition coefficient (Wildman–Crippen LogP) is 3.88. The maximum atomic E-state index is 3.53. The van der Waals surface area contributed by atoms with Crippen molar-refractivity contribution >= 4 is 0 Å². The van der Waals surface area contributed by atoms with Crippen LogP contribution in [0.15, 0.2) is 24.3 Å². The minimum absolute atomic E-state index is 0.116. The molecule has 20 heavy (non-hydrogen) atoms. The van der Waals surface area contributed by atoms with E-state index in [1.807, 2.05) is 0 Å². The molecular formula is C18H32N2. The molecule has 2 atom stereocenters. The minimum atomic E-state index is 0.116. The van der Waals surface area contributed by atoms with E-state index >= 15 is 0 Å². The topological polar surface area (TPSA) is 15.3 Å². The van der Waals surface area contributed by atoms with Crippen LogP contribution in [0.5, 0.6) is 0 Å². The lowest BCUT2D eigenvalue weighted by Crippen LogP contribution is -2.50. The monoisotopic (exact) mass is 276 g/mol. The van der Waals surface area contributed by atoms with Gasteiger partial charge in [0, 0.05) is 5.54 Å². The van der Waals surface area contributed by atoms with Crippen molar-refractivity contribution in [2.45, 2.75) is 52.1 Å². The second-order valence-corrected chi connectivity index (χ2v) is 6.67. The summed E-state index contributed by atoms with van der Waals surface area (Å²) in [6.07, 6.45) is 2.26. The summed E-state index contributed by atoms with van der Waals surface area (Å²) >= 11 is 0. The Hall–Kier alpha value is -0.860. The molecule has 0 spiro atoms. The molecule has 0 fully saturated rings. The standard InChI is InChI=1S/C18H32N2/c1-8-18(4,20(6)7)17(19-5)16-11-9-10-15(13-16)12-14(2)3/h9-11,13-14,17,19H,8,12H2,1-7H3. The van der Waals surface area contributed by atoms with Crippen LogP contribution in [-0.2, 0) is 6.42 Å². The largest absolute Gasteiger partial charge is 0.311 e. The van der Waals surface area contributed by atoms with Crippen molar-refractivity contribution in [2.75, 3.05) is 21.1 Å². The highest BCUT2D eigenvalue weighted by Gasteiger charge is 2.34. The molecule has 2 heteroatoms. The predicted molar refractivity (Wildman–Crippen MR) is 89.2 cm³/mol. The Morgan fingerprint density at radius 3 is 2.35 bits per heavy atom. The van der Waals surface area contributed by atoms with Gasteiger partial charge in [0.15, 0.2) is 0 Å². The highest BCUT2D eigenvalue weighted by atomic mass is 15.2. The molecule has 2 nitrogen and oxygen atoms in total. The van der Waals surface area contributed by atoms with Gasteiger partial charge in [-0.1, -0.05) is 45.0 Å². The molecule has 0 amide bonds. The van der Waals surface area contributed by atoms with E-state index in [9.17, 15) is 0 Å². The van der Waals surface area contributed by atoms with Gasteiger partial charge in [-0.2, -0.15) is 0 Å². The summed E-state index contributed by atoms with van der Waals surface area (Å²) in [5.41, 5.74) is 2.95. The first-order chi connectivity index (χ1) is 9.35. The molecule has 0 aromatic heterocycles. The molecule has 1 aromatic carbocycles. The van der Waals surface area contributed by atoms with Gasteiger partial charge in [0.2, 0.25) is 0 Å². The maximum Gasteiger partial charge on any atom is 0.0501 e. The highest BCUT2D eigenvalue weighted by Crippen LogP contribution is 2.33. The van der Waals surface area contributed by atoms with Crippen LogP contribution in [0.3, 0.4) is 0 Å². The lowest BCUT2D eigenvalue weighted by atomic mass is 9.82. The summed E-state index contributed by atoms with van der Waals surface area (Å²) in [5, 5.41) is 3.53. The Bertz CT molecular complexity index is 412. The molecule has 1 aromatic rings.